The minimum Gasteiger partial charge on any atom is -0.492 e. The molecular weight excluding hydrogens is 322 g/mol. The molecule has 1 amide bonds. The van der Waals surface area contributed by atoms with Crippen LogP contribution in [0, 0.1) is 17.0 Å². The molecule has 0 aliphatic carbocycles. The molecule has 0 aromatic heterocycles. The fourth-order valence-corrected chi connectivity index (χ4v) is 2.27. The van der Waals surface area contributed by atoms with Gasteiger partial charge in [0, 0.05) is 31.9 Å². The van der Waals surface area contributed by atoms with E-state index in [0.29, 0.717) is 18.8 Å². The Kier molecular flexibility index (Phi) is 5.94. The number of nitro benzene ring substituents is 1. The molecule has 0 unspecified atom stereocenters. The maximum absolute atomic E-state index is 12.4. The van der Waals surface area contributed by atoms with Crippen LogP contribution in [0.25, 0.3) is 0 Å². The van der Waals surface area contributed by atoms with Gasteiger partial charge in [-0.15, -0.1) is 0 Å². The molecule has 0 saturated carbocycles. The number of amides is 1. The van der Waals surface area contributed by atoms with Crippen molar-refractivity contribution < 1.29 is 14.5 Å². The Morgan fingerprint density at radius 3 is 2.48 bits per heavy atom. The van der Waals surface area contributed by atoms with Crippen LogP contribution in [-0.2, 0) is 0 Å². The smallest absolute Gasteiger partial charge is 0.270 e. The third-order valence-corrected chi connectivity index (χ3v) is 3.59. The summed E-state index contributed by atoms with van der Waals surface area (Å²) in [6, 6.07) is 11.8. The Labute approximate surface area is 146 Å². The van der Waals surface area contributed by atoms with Crippen LogP contribution in [0.5, 0.6) is 5.75 Å². The van der Waals surface area contributed by atoms with Crippen molar-refractivity contribution in [2.75, 3.05) is 32.1 Å². The Morgan fingerprint density at radius 2 is 1.88 bits per heavy atom. The van der Waals surface area contributed by atoms with E-state index in [2.05, 4.69) is 5.32 Å². The summed E-state index contributed by atoms with van der Waals surface area (Å²) in [6.45, 7) is 2.59. The van der Waals surface area contributed by atoms with E-state index in [9.17, 15) is 14.9 Å². The van der Waals surface area contributed by atoms with E-state index in [-0.39, 0.29) is 17.2 Å². The minimum absolute atomic E-state index is 0.119. The fraction of sp³-hybridized carbons (Fsp3) is 0.278. The Hall–Kier alpha value is -3.09. The van der Waals surface area contributed by atoms with Crippen LogP contribution >= 0.6 is 0 Å². The summed E-state index contributed by atoms with van der Waals surface area (Å²) in [5.74, 6) is 0.351. The highest BCUT2D eigenvalue weighted by Gasteiger charge is 2.17. The molecule has 0 bridgehead atoms. The molecule has 7 heteroatoms. The monoisotopic (exact) mass is 343 g/mol. The van der Waals surface area contributed by atoms with Crippen LogP contribution in [-0.4, -0.2) is 38.1 Å². The van der Waals surface area contributed by atoms with Gasteiger partial charge in [-0.05, 0) is 25.1 Å². The number of anilines is 1. The number of rotatable bonds is 7. The van der Waals surface area contributed by atoms with E-state index >= 15 is 0 Å². The first-order valence-electron chi connectivity index (χ1n) is 7.82. The average Bonchev–Trinajstić information content (AvgIpc) is 2.59. The van der Waals surface area contributed by atoms with Crippen molar-refractivity contribution in [2.45, 2.75) is 6.92 Å². The maximum atomic E-state index is 12.4. The van der Waals surface area contributed by atoms with E-state index in [1.54, 1.807) is 25.1 Å². The first kappa shape index (κ1) is 18.3. The predicted octanol–water partition coefficient (Wildman–Crippen LogP) is 2.78. The summed E-state index contributed by atoms with van der Waals surface area (Å²) < 4.78 is 5.55. The Balaban J connectivity index is 1.98. The molecule has 132 valence electrons. The molecule has 7 nitrogen and oxygen atoms in total. The molecule has 1 N–H and O–H groups in total. The number of nitro groups is 1. The number of aryl methyl sites for hydroxylation is 1. The summed E-state index contributed by atoms with van der Waals surface area (Å²) in [6.07, 6.45) is 0. The lowest BCUT2D eigenvalue weighted by molar-refractivity contribution is -0.384. The number of carbonyl (C=O) groups excluding carboxylic acids is 1. The molecule has 0 radical (unpaired) electrons. The highest BCUT2D eigenvalue weighted by atomic mass is 16.6. The minimum atomic E-state index is -0.517. The van der Waals surface area contributed by atoms with Gasteiger partial charge < -0.3 is 15.0 Å². The Morgan fingerprint density at radius 1 is 1.20 bits per heavy atom. The first-order chi connectivity index (χ1) is 11.9. The van der Waals surface area contributed by atoms with Gasteiger partial charge in [0.25, 0.3) is 11.6 Å². The topological polar surface area (TPSA) is 84.7 Å². The molecule has 25 heavy (non-hydrogen) atoms. The zero-order valence-electron chi connectivity index (χ0n) is 14.5. The van der Waals surface area contributed by atoms with E-state index in [1.807, 2.05) is 31.2 Å². The quantitative estimate of drug-likeness (QED) is 0.475. The summed E-state index contributed by atoms with van der Waals surface area (Å²) in [5.41, 5.74) is 1.89. The van der Waals surface area contributed by atoms with Crippen LogP contribution < -0.4 is 15.0 Å². The van der Waals surface area contributed by atoms with Crippen LogP contribution in [0.15, 0.2) is 42.5 Å². The van der Waals surface area contributed by atoms with Crippen LogP contribution in [0.1, 0.15) is 15.9 Å². The number of nitrogens with one attached hydrogen (secondary N) is 1. The van der Waals surface area contributed by atoms with Crippen molar-refractivity contribution in [3.8, 4) is 5.75 Å². The molecule has 2 aromatic rings. The molecule has 0 heterocycles. The summed E-state index contributed by atoms with van der Waals surface area (Å²) in [5, 5.41) is 13.7. The second-order valence-electron chi connectivity index (χ2n) is 5.77. The standard InChI is InChI=1S/C18H21N3O4/c1-13-4-7-15(8-5-13)25-11-10-19-18(22)16-12-14(21(23)24)6-9-17(16)20(2)3/h4-9,12H,10-11H2,1-3H3,(H,19,22). The van der Waals surface area contributed by atoms with Crippen molar-refractivity contribution in [1.29, 1.82) is 0 Å². The second kappa shape index (κ2) is 8.14. The van der Waals surface area contributed by atoms with Crippen molar-refractivity contribution in [2.24, 2.45) is 0 Å². The molecule has 0 aliphatic heterocycles. The lowest BCUT2D eigenvalue weighted by atomic mass is 10.1. The molecule has 2 aromatic carbocycles. The van der Waals surface area contributed by atoms with E-state index in [1.165, 1.54) is 12.1 Å². The van der Waals surface area contributed by atoms with Gasteiger partial charge in [0.15, 0.2) is 0 Å². The Bertz CT molecular complexity index is 757. The van der Waals surface area contributed by atoms with Crippen LogP contribution in [0.2, 0.25) is 0 Å². The normalized spacial score (nSPS) is 10.2. The number of carbonyl (C=O) groups is 1. The van der Waals surface area contributed by atoms with Crippen molar-refractivity contribution >= 4 is 17.3 Å². The highest BCUT2D eigenvalue weighted by Crippen LogP contribution is 2.24. The van der Waals surface area contributed by atoms with Gasteiger partial charge in [0.1, 0.15) is 12.4 Å². The van der Waals surface area contributed by atoms with Gasteiger partial charge in [-0.3, -0.25) is 14.9 Å². The van der Waals surface area contributed by atoms with E-state index in [4.69, 9.17) is 4.74 Å². The molecule has 0 atom stereocenters. The van der Waals surface area contributed by atoms with Gasteiger partial charge in [0.05, 0.1) is 17.0 Å². The van der Waals surface area contributed by atoms with E-state index < -0.39 is 4.92 Å². The van der Waals surface area contributed by atoms with Gasteiger partial charge in [-0.2, -0.15) is 0 Å². The lowest BCUT2D eigenvalue weighted by Crippen LogP contribution is -2.29. The zero-order chi connectivity index (χ0) is 18.4. The summed E-state index contributed by atoms with van der Waals surface area (Å²) in [7, 11) is 3.55. The van der Waals surface area contributed by atoms with Crippen LogP contribution in [0.3, 0.4) is 0 Å². The van der Waals surface area contributed by atoms with Gasteiger partial charge >= 0.3 is 0 Å². The molecule has 0 saturated heterocycles. The van der Waals surface area contributed by atoms with Gasteiger partial charge in [-0.1, -0.05) is 17.7 Å². The summed E-state index contributed by atoms with van der Waals surface area (Å²) in [4.78, 5) is 24.5. The zero-order valence-corrected chi connectivity index (χ0v) is 14.5. The third kappa shape index (κ3) is 4.94. The molecule has 0 aliphatic rings. The van der Waals surface area contributed by atoms with Gasteiger partial charge in [-0.25, -0.2) is 0 Å². The number of nitrogens with zero attached hydrogens (tertiary/aromatic N) is 2. The molecular formula is C18H21N3O4. The largest absolute Gasteiger partial charge is 0.492 e. The van der Waals surface area contributed by atoms with Gasteiger partial charge in [0.2, 0.25) is 0 Å². The molecule has 0 spiro atoms. The third-order valence-electron chi connectivity index (χ3n) is 3.59. The number of hydrogen-bond donors (Lipinski definition) is 1. The second-order valence-corrected chi connectivity index (χ2v) is 5.77. The van der Waals surface area contributed by atoms with Crippen molar-refractivity contribution in [3.05, 3.63) is 63.7 Å². The first-order valence-corrected chi connectivity index (χ1v) is 7.82. The molecule has 0 fully saturated rings. The SMILES string of the molecule is Cc1ccc(OCCNC(=O)c2cc([N+](=O)[O-])ccc2N(C)C)cc1. The number of non-ortho nitro benzene ring substituents is 1. The number of ether oxygens (including phenoxy) is 1. The fourth-order valence-electron chi connectivity index (χ4n) is 2.27. The predicted molar refractivity (Wildman–Crippen MR) is 96.4 cm³/mol. The summed E-state index contributed by atoms with van der Waals surface area (Å²) >= 11 is 0. The van der Waals surface area contributed by atoms with E-state index in [0.717, 1.165) is 11.3 Å². The average molecular weight is 343 g/mol. The molecule has 2 rings (SSSR count). The number of benzene rings is 2. The highest BCUT2D eigenvalue weighted by molar-refractivity contribution is 6.00. The lowest BCUT2D eigenvalue weighted by Gasteiger charge is -2.17. The number of hydrogen-bond acceptors (Lipinski definition) is 5. The van der Waals surface area contributed by atoms with Crippen LogP contribution in [0.4, 0.5) is 11.4 Å². The maximum Gasteiger partial charge on any atom is 0.270 e. The van der Waals surface area contributed by atoms with Crippen molar-refractivity contribution in [3.63, 3.8) is 0 Å². The van der Waals surface area contributed by atoms with Crippen molar-refractivity contribution in [1.82, 2.24) is 5.32 Å².